The van der Waals surface area contributed by atoms with Gasteiger partial charge in [0.05, 0.1) is 0 Å². The molecule has 0 fully saturated rings. The minimum atomic E-state index is -0.793. The SMILES string of the molecule is O=CCCC(CCC(=O)O)n1cccc1. The van der Waals surface area contributed by atoms with Crippen LogP contribution in [0.25, 0.3) is 0 Å². The first-order chi connectivity index (χ1) is 7.24. The second-order valence-corrected chi connectivity index (χ2v) is 3.46. The molecular formula is C11H15NO3. The molecule has 0 aliphatic heterocycles. The summed E-state index contributed by atoms with van der Waals surface area (Å²) in [4.78, 5) is 20.8. The van der Waals surface area contributed by atoms with Gasteiger partial charge in [-0.25, -0.2) is 0 Å². The molecule has 4 nitrogen and oxygen atoms in total. The van der Waals surface area contributed by atoms with Gasteiger partial charge in [-0.3, -0.25) is 4.79 Å². The molecule has 0 saturated heterocycles. The fraction of sp³-hybridized carbons (Fsp3) is 0.455. The van der Waals surface area contributed by atoms with E-state index in [1.54, 1.807) is 0 Å². The van der Waals surface area contributed by atoms with Crippen LogP contribution < -0.4 is 0 Å². The molecule has 0 aromatic carbocycles. The quantitative estimate of drug-likeness (QED) is 0.697. The van der Waals surface area contributed by atoms with E-state index < -0.39 is 5.97 Å². The zero-order valence-electron chi connectivity index (χ0n) is 8.50. The Kier molecular flexibility index (Phi) is 4.60. The second kappa shape index (κ2) is 6.01. The highest BCUT2D eigenvalue weighted by Crippen LogP contribution is 2.19. The van der Waals surface area contributed by atoms with Gasteiger partial charge < -0.3 is 14.5 Å². The summed E-state index contributed by atoms with van der Waals surface area (Å²) in [5.41, 5.74) is 0. The van der Waals surface area contributed by atoms with E-state index in [0.717, 1.165) is 6.29 Å². The zero-order chi connectivity index (χ0) is 11.1. The van der Waals surface area contributed by atoms with E-state index in [1.807, 2.05) is 29.1 Å². The Balaban J connectivity index is 2.53. The van der Waals surface area contributed by atoms with Crippen LogP contribution in [0.5, 0.6) is 0 Å². The molecule has 1 aromatic rings. The molecule has 4 heteroatoms. The summed E-state index contributed by atoms with van der Waals surface area (Å²) in [6.07, 6.45) is 6.55. The maximum absolute atomic E-state index is 10.5. The van der Waals surface area contributed by atoms with Gasteiger partial charge in [0.1, 0.15) is 6.29 Å². The highest BCUT2D eigenvalue weighted by molar-refractivity contribution is 5.66. The third kappa shape index (κ3) is 3.97. The normalized spacial score (nSPS) is 12.3. The van der Waals surface area contributed by atoms with Gasteiger partial charge in [-0.2, -0.15) is 0 Å². The van der Waals surface area contributed by atoms with E-state index in [9.17, 15) is 9.59 Å². The van der Waals surface area contributed by atoms with Gasteiger partial charge in [-0.15, -0.1) is 0 Å². The van der Waals surface area contributed by atoms with Crippen LogP contribution in [0, 0.1) is 0 Å². The largest absolute Gasteiger partial charge is 0.481 e. The van der Waals surface area contributed by atoms with Gasteiger partial charge >= 0.3 is 5.97 Å². The Morgan fingerprint density at radius 2 is 2.00 bits per heavy atom. The minimum absolute atomic E-state index is 0.112. The summed E-state index contributed by atoms with van der Waals surface area (Å²) in [7, 11) is 0. The van der Waals surface area contributed by atoms with Crippen molar-refractivity contribution in [3.63, 3.8) is 0 Å². The first-order valence-corrected chi connectivity index (χ1v) is 5.02. The number of hydrogen-bond acceptors (Lipinski definition) is 2. The number of aromatic nitrogens is 1. The van der Waals surface area contributed by atoms with Crippen molar-refractivity contribution in [1.29, 1.82) is 0 Å². The molecule has 1 rings (SSSR count). The maximum Gasteiger partial charge on any atom is 0.303 e. The number of rotatable bonds is 7. The zero-order valence-corrected chi connectivity index (χ0v) is 8.50. The van der Waals surface area contributed by atoms with Crippen molar-refractivity contribution < 1.29 is 14.7 Å². The number of carboxylic acid groups (broad SMARTS) is 1. The van der Waals surface area contributed by atoms with Crippen molar-refractivity contribution in [3.8, 4) is 0 Å². The standard InChI is InChI=1S/C11H15NO3/c13-9-3-4-10(5-6-11(14)15)12-7-1-2-8-12/h1-2,7-10H,3-6H2,(H,14,15). The Morgan fingerprint density at radius 3 is 2.53 bits per heavy atom. The van der Waals surface area contributed by atoms with Gasteiger partial charge in [0.25, 0.3) is 0 Å². The Bertz CT molecular complexity index is 306. The summed E-state index contributed by atoms with van der Waals surface area (Å²) >= 11 is 0. The molecular weight excluding hydrogens is 194 g/mol. The first kappa shape index (κ1) is 11.5. The molecule has 0 aliphatic rings. The van der Waals surface area contributed by atoms with Crippen LogP contribution in [-0.4, -0.2) is 21.9 Å². The number of carbonyl (C=O) groups is 2. The number of carbonyl (C=O) groups excluding carboxylic acids is 1. The second-order valence-electron chi connectivity index (χ2n) is 3.46. The van der Waals surface area contributed by atoms with Gasteiger partial charge in [0.15, 0.2) is 0 Å². The smallest absolute Gasteiger partial charge is 0.303 e. The number of nitrogens with zero attached hydrogens (tertiary/aromatic N) is 1. The summed E-state index contributed by atoms with van der Waals surface area (Å²) in [5.74, 6) is -0.793. The highest BCUT2D eigenvalue weighted by Gasteiger charge is 2.11. The minimum Gasteiger partial charge on any atom is -0.481 e. The predicted octanol–water partition coefficient (Wildman–Crippen LogP) is 1.87. The molecule has 0 aliphatic carbocycles. The fourth-order valence-corrected chi connectivity index (χ4v) is 1.58. The van der Waals surface area contributed by atoms with Crippen LogP contribution in [0.3, 0.4) is 0 Å². The predicted molar refractivity (Wildman–Crippen MR) is 55.6 cm³/mol. The van der Waals surface area contributed by atoms with Gasteiger partial charge in [0, 0.05) is 31.3 Å². The van der Waals surface area contributed by atoms with E-state index in [0.29, 0.717) is 19.3 Å². The monoisotopic (exact) mass is 209 g/mol. The summed E-state index contributed by atoms with van der Waals surface area (Å²) < 4.78 is 1.96. The number of hydrogen-bond donors (Lipinski definition) is 1. The number of aliphatic carboxylic acids is 1. The lowest BCUT2D eigenvalue weighted by Gasteiger charge is -2.16. The Hall–Kier alpha value is -1.58. The molecule has 1 aromatic heterocycles. The van der Waals surface area contributed by atoms with Crippen molar-refractivity contribution in [2.45, 2.75) is 31.7 Å². The molecule has 0 radical (unpaired) electrons. The van der Waals surface area contributed by atoms with Crippen molar-refractivity contribution in [2.24, 2.45) is 0 Å². The topological polar surface area (TPSA) is 59.3 Å². The molecule has 1 atom stereocenters. The van der Waals surface area contributed by atoms with Crippen molar-refractivity contribution >= 4 is 12.3 Å². The van der Waals surface area contributed by atoms with Crippen LogP contribution in [0.15, 0.2) is 24.5 Å². The molecule has 82 valence electrons. The van der Waals surface area contributed by atoms with Crippen molar-refractivity contribution in [3.05, 3.63) is 24.5 Å². The van der Waals surface area contributed by atoms with Gasteiger partial charge in [-0.05, 0) is 25.0 Å². The lowest BCUT2D eigenvalue weighted by atomic mass is 10.1. The van der Waals surface area contributed by atoms with Crippen LogP contribution in [0.4, 0.5) is 0 Å². The van der Waals surface area contributed by atoms with E-state index in [1.165, 1.54) is 0 Å². The maximum atomic E-state index is 10.5. The molecule has 1 unspecified atom stereocenters. The highest BCUT2D eigenvalue weighted by atomic mass is 16.4. The van der Waals surface area contributed by atoms with Crippen LogP contribution in [-0.2, 0) is 9.59 Å². The molecule has 15 heavy (non-hydrogen) atoms. The average Bonchev–Trinajstić information content (AvgIpc) is 2.71. The Morgan fingerprint density at radius 1 is 1.33 bits per heavy atom. The summed E-state index contributed by atoms with van der Waals surface area (Å²) in [6, 6.07) is 3.91. The number of carboxylic acids is 1. The molecule has 1 N–H and O–H groups in total. The van der Waals surface area contributed by atoms with Gasteiger partial charge in [-0.1, -0.05) is 0 Å². The molecule has 1 heterocycles. The lowest BCUT2D eigenvalue weighted by Crippen LogP contribution is -2.09. The van der Waals surface area contributed by atoms with E-state index >= 15 is 0 Å². The number of aldehydes is 1. The summed E-state index contributed by atoms with van der Waals surface area (Å²) in [5, 5.41) is 8.61. The van der Waals surface area contributed by atoms with Gasteiger partial charge in [0.2, 0.25) is 0 Å². The third-order valence-electron chi connectivity index (χ3n) is 2.36. The Labute approximate surface area is 88.5 Å². The van der Waals surface area contributed by atoms with E-state index in [4.69, 9.17) is 5.11 Å². The molecule has 0 bridgehead atoms. The first-order valence-electron chi connectivity index (χ1n) is 5.02. The van der Waals surface area contributed by atoms with Crippen LogP contribution >= 0.6 is 0 Å². The van der Waals surface area contributed by atoms with Crippen molar-refractivity contribution in [1.82, 2.24) is 4.57 Å². The molecule has 0 saturated carbocycles. The van der Waals surface area contributed by atoms with E-state index in [-0.39, 0.29) is 12.5 Å². The average molecular weight is 209 g/mol. The van der Waals surface area contributed by atoms with E-state index in [2.05, 4.69) is 0 Å². The summed E-state index contributed by atoms with van der Waals surface area (Å²) in [6.45, 7) is 0. The molecule has 0 amide bonds. The fourth-order valence-electron chi connectivity index (χ4n) is 1.58. The lowest BCUT2D eigenvalue weighted by molar-refractivity contribution is -0.137. The third-order valence-corrected chi connectivity index (χ3v) is 2.36. The van der Waals surface area contributed by atoms with Crippen LogP contribution in [0.2, 0.25) is 0 Å². The van der Waals surface area contributed by atoms with Crippen LogP contribution in [0.1, 0.15) is 31.7 Å². The molecule has 0 spiro atoms. The van der Waals surface area contributed by atoms with Crippen molar-refractivity contribution in [2.75, 3.05) is 0 Å².